The van der Waals surface area contributed by atoms with Gasteiger partial charge in [-0.25, -0.2) is 0 Å². The van der Waals surface area contributed by atoms with E-state index in [4.69, 9.17) is 5.73 Å². The lowest BCUT2D eigenvalue weighted by atomic mass is 10.1. The number of amides is 1. The van der Waals surface area contributed by atoms with E-state index in [2.05, 4.69) is 31.4 Å². The molecule has 1 heterocycles. The zero-order valence-electron chi connectivity index (χ0n) is 9.61. The lowest BCUT2D eigenvalue weighted by molar-refractivity contribution is 0.102. The van der Waals surface area contributed by atoms with Crippen LogP contribution in [0, 0.1) is 0 Å². The molecule has 0 saturated heterocycles. The molecule has 0 radical (unpaired) electrons. The highest BCUT2D eigenvalue weighted by Crippen LogP contribution is 2.22. The predicted octanol–water partition coefficient (Wildman–Crippen LogP) is 2.70. The van der Waals surface area contributed by atoms with Crippen molar-refractivity contribution in [3.8, 4) is 0 Å². The minimum atomic E-state index is -0.291. The van der Waals surface area contributed by atoms with Gasteiger partial charge in [-0.2, -0.15) is 0 Å². The molecule has 0 saturated carbocycles. The molecule has 94 valence electrons. The summed E-state index contributed by atoms with van der Waals surface area (Å²) in [4.78, 5) is 11.9. The monoisotopic (exact) mass is 326 g/mol. The van der Waals surface area contributed by atoms with Gasteiger partial charge in [-0.1, -0.05) is 34.2 Å². The normalized spacial score (nSPS) is 10.3. The molecule has 2 aromatic rings. The van der Waals surface area contributed by atoms with Crippen LogP contribution in [0.25, 0.3) is 0 Å². The third-order valence-corrected chi connectivity index (χ3v) is 3.58. The fraction of sp³-hybridized carbons (Fsp3) is 0.182. The topological polar surface area (TPSA) is 80.9 Å². The summed E-state index contributed by atoms with van der Waals surface area (Å²) in [6.45, 7) is 2.03. The Hall–Kier alpha value is -1.47. The maximum atomic E-state index is 11.9. The van der Waals surface area contributed by atoms with E-state index in [9.17, 15) is 4.79 Å². The summed E-state index contributed by atoms with van der Waals surface area (Å²) in [5, 5.41) is 10.7. The highest BCUT2D eigenvalue weighted by atomic mass is 79.9. The van der Waals surface area contributed by atoms with Crippen molar-refractivity contribution < 1.29 is 4.79 Å². The maximum absolute atomic E-state index is 11.9. The van der Waals surface area contributed by atoms with Crippen molar-refractivity contribution in [2.24, 2.45) is 0 Å². The average Bonchev–Trinajstić information content (AvgIpc) is 2.78. The number of hydrogen-bond acceptors (Lipinski definition) is 5. The molecule has 18 heavy (non-hydrogen) atoms. The van der Waals surface area contributed by atoms with Crippen LogP contribution >= 0.6 is 27.3 Å². The van der Waals surface area contributed by atoms with Gasteiger partial charge in [0.25, 0.3) is 5.91 Å². The summed E-state index contributed by atoms with van der Waals surface area (Å²) in [6, 6.07) is 5.71. The van der Waals surface area contributed by atoms with Crippen LogP contribution in [-0.4, -0.2) is 16.1 Å². The van der Waals surface area contributed by atoms with Crippen LogP contribution in [0.15, 0.2) is 22.7 Å². The molecule has 7 heteroatoms. The standard InChI is InChI=1S/C11H11BrN4OS/c1-2-6-5-7(12)3-4-8(6)14-9(17)10-15-16-11(13)18-10/h3-5H,2H2,1H3,(H2,13,16)(H,14,17). The second-order valence-electron chi connectivity index (χ2n) is 3.55. The molecule has 0 aliphatic heterocycles. The van der Waals surface area contributed by atoms with E-state index in [1.807, 2.05) is 25.1 Å². The Labute approximate surface area is 117 Å². The fourth-order valence-corrected chi connectivity index (χ4v) is 2.39. The molecule has 0 bridgehead atoms. The van der Waals surface area contributed by atoms with Gasteiger partial charge in [0.2, 0.25) is 10.1 Å². The number of rotatable bonds is 3. The quantitative estimate of drug-likeness (QED) is 0.908. The molecule has 5 nitrogen and oxygen atoms in total. The number of halogens is 1. The van der Waals surface area contributed by atoms with Crippen LogP contribution in [0.1, 0.15) is 22.3 Å². The molecule has 0 aliphatic carbocycles. The first kappa shape index (κ1) is 13.0. The number of aromatic nitrogens is 2. The molecular weight excluding hydrogens is 316 g/mol. The first-order valence-corrected chi connectivity index (χ1v) is 6.90. The first-order chi connectivity index (χ1) is 8.60. The Kier molecular flexibility index (Phi) is 3.93. The largest absolute Gasteiger partial charge is 0.374 e. The summed E-state index contributed by atoms with van der Waals surface area (Å²) < 4.78 is 0.984. The number of nitrogen functional groups attached to an aromatic ring is 1. The van der Waals surface area contributed by atoms with Gasteiger partial charge in [0, 0.05) is 10.2 Å². The molecule has 0 unspecified atom stereocenters. The fourth-order valence-electron chi connectivity index (χ4n) is 1.48. The molecule has 1 aromatic carbocycles. The summed E-state index contributed by atoms with van der Waals surface area (Å²) in [5.41, 5.74) is 7.27. The minimum absolute atomic E-state index is 0.262. The Morgan fingerprint density at radius 2 is 2.28 bits per heavy atom. The first-order valence-electron chi connectivity index (χ1n) is 5.29. The van der Waals surface area contributed by atoms with Gasteiger partial charge in [0.15, 0.2) is 0 Å². The van der Waals surface area contributed by atoms with Gasteiger partial charge >= 0.3 is 0 Å². The number of nitrogens with two attached hydrogens (primary N) is 1. The van der Waals surface area contributed by atoms with Crippen molar-refractivity contribution in [3.05, 3.63) is 33.2 Å². The highest BCUT2D eigenvalue weighted by Gasteiger charge is 2.13. The summed E-state index contributed by atoms with van der Waals surface area (Å²) >= 11 is 4.47. The van der Waals surface area contributed by atoms with Crippen LogP contribution < -0.4 is 11.1 Å². The molecule has 0 spiro atoms. The molecule has 3 N–H and O–H groups in total. The van der Waals surface area contributed by atoms with Crippen LogP contribution in [0.4, 0.5) is 10.8 Å². The number of hydrogen-bond donors (Lipinski definition) is 2. The van der Waals surface area contributed by atoms with Gasteiger partial charge < -0.3 is 11.1 Å². The number of carbonyl (C=O) groups excluding carboxylic acids is 1. The van der Waals surface area contributed by atoms with Crippen molar-refractivity contribution in [3.63, 3.8) is 0 Å². The van der Waals surface area contributed by atoms with E-state index in [0.717, 1.165) is 33.5 Å². The van der Waals surface area contributed by atoms with Gasteiger partial charge in [0.1, 0.15) is 0 Å². The van der Waals surface area contributed by atoms with Crippen molar-refractivity contribution in [2.45, 2.75) is 13.3 Å². The zero-order chi connectivity index (χ0) is 13.1. The molecule has 1 amide bonds. The summed E-state index contributed by atoms with van der Waals surface area (Å²) in [6.07, 6.45) is 0.827. The smallest absolute Gasteiger partial charge is 0.286 e. The van der Waals surface area contributed by atoms with E-state index in [0.29, 0.717) is 0 Å². The predicted molar refractivity (Wildman–Crippen MR) is 75.8 cm³/mol. The van der Waals surface area contributed by atoms with Crippen LogP contribution in [0.5, 0.6) is 0 Å². The summed E-state index contributed by atoms with van der Waals surface area (Å²) in [5.74, 6) is -0.291. The van der Waals surface area contributed by atoms with Crippen molar-refractivity contribution in [1.29, 1.82) is 0 Å². The number of benzene rings is 1. The Morgan fingerprint density at radius 1 is 1.50 bits per heavy atom. The summed E-state index contributed by atoms with van der Waals surface area (Å²) in [7, 11) is 0. The van der Waals surface area contributed by atoms with E-state index in [1.54, 1.807) is 0 Å². The Bertz CT molecular complexity index is 584. The maximum Gasteiger partial charge on any atom is 0.286 e. The number of anilines is 2. The third-order valence-electron chi connectivity index (χ3n) is 2.33. The molecule has 2 rings (SSSR count). The van der Waals surface area contributed by atoms with E-state index in [-0.39, 0.29) is 16.0 Å². The third kappa shape index (κ3) is 2.85. The van der Waals surface area contributed by atoms with E-state index < -0.39 is 0 Å². The zero-order valence-corrected chi connectivity index (χ0v) is 12.0. The van der Waals surface area contributed by atoms with Crippen molar-refractivity contribution in [2.75, 3.05) is 11.1 Å². The highest BCUT2D eigenvalue weighted by molar-refractivity contribution is 9.10. The lowest BCUT2D eigenvalue weighted by Gasteiger charge is -2.08. The number of carbonyl (C=O) groups is 1. The van der Waals surface area contributed by atoms with E-state index >= 15 is 0 Å². The molecule has 0 fully saturated rings. The molecule has 0 aliphatic rings. The minimum Gasteiger partial charge on any atom is -0.374 e. The van der Waals surface area contributed by atoms with Crippen molar-refractivity contribution in [1.82, 2.24) is 10.2 Å². The van der Waals surface area contributed by atoms with E-state index in [1.165, 1.54) is 0 Å². The number of nitrogens with one attached hydrogen (secondary N) is 1. The van der Waals surface area contributed by atoms with Crippen LogP contribution in [0.3, 0.4) is 0 Å². The van der Waals surface area contributed by atoms with Crippen molar-refractivity contribution >= 4 is 44.0 Å². The van der Waals surface area contributed by atoms with Gasteiger partial charge in [-0.3, -0.25) is 4.79 Å². The van der Waals surface area contributed by atoms with Crippen LogP contribution in [-0.2, 0) is 6.42 Å². The lowest BCUT2D eigenvalue weighted by Crippen LogP contribution is -2.13. The van der Waals surface area contributed by atoms with Crippen LogP contribution in [0.2, 0.25) is 0 Å². The average molecular weight is 327 g/mol. The SMILES string of the molecule is CCc1cc(Br)ccc1NC(=O)c1nnc(N)s1. The Morgan fingerprint density at radius 3 is 2.89 bits per heavy atom. The number of aryl methyl sites for hydroxylation is 1. The van der Waals surface area contributed by atoms with Gasteiger partial charge in [-0.15, -0.1) is 10.2 Å². The van der Waals surface area contributed by atoms with Gasteiger partial charge in [0.05, 0.1) is 0 Å². The second-order valence-corrected chi connectivity index (χ2v) is 5.48. The number of nitrogens with zero attached hydrogens (tertiary/aromatic N) is 2. The molecule has 0 atom stereocenters. The van der Waals surface area contributed by atoms with Gasteiger partial charge in [-0.05, 0) is 30.2 Å². The Balaban J connectivity index is 2.21. The molecular formula is C11H11BrN4OS. The second kappa shape index (κ2) is 5.45. The molecule has 1 aromatic heterocycles.